The molecular weight excluding hydrogens is 447 g/mol. The van der Waals surface area contributed by atoms with Crippen molar-refractivity contribution < 1.29 is 9.47 Å². The lowest BCUT2D eigenvalue weighted by atomic mass is 10.1. The third-order valence-corrected chi connectivity index (χ3v) is 3.66. The number of methoxy groups -OCH3 is 1. The number of guanidine groups is 1. The van der Waals surface area contributed by atoms with Crippen molar-refractivity contribution in [2.45, 2.75) is 20.0 Å². The zero-order chi connectivity index (χ0) is 18.1. The third-order valence-electron chi connectivity index (χ3n) is 3.66. The second kappa shape index (κ2) is 11.7. The van der Waals surface area contributed by atoms with Gasteiger partial charge in [0.15, 0.2) is 5.96 Å². The highest BCUT2D eigenvalue weighted by molar-refractivity contribution is 14.0. The Labute approximate surface area is 171 Å². The van der Waals surface area contributed by atoms with Crippen LogP contribution < -0.4 is 15.4 Å². The molecule has 2 aromatic rings. The number of aliphatic imine (C=N–C) groups is 1. The van der Waals surface area contributed by atoms with Crippen LogP contribution in [-0.2, 0) is 24.9 Å². The summed E-state index contributed by atoms with van der Waals surface area (Å²) in [4.78, 5) is 8.41. The minimum atomic E-state index is 0. The van der Waals surface area contributed by atoms with Crippen molar-refractivity contribution in [3.05, 3.63) is 41.5 Å². The molecule has 1 aromatic carbocycles. The molecule has 0 aliphatic heterocycles. The summed E-state index contributed by atoms with van der Waals surface area (Å²) in [5.41, 5.74) is 2.21. The zero-order valence-electron chi connectivity index (χ0n) is 15.7. The number of benzene rings is 1. The number of ether oxygens (including phenoxy) is 2. The number of hydrogen-bond donors (Lipinski definition) is 2. The Bertz CT molecular complexity index is 704. The van der Waals surface area contributed by atoms with Gasteiger partial charge in [-0.3, -0.25) is 9.67 Å². The summed E-state index contributed by atoms with van der Waals surface area (Å²) < 4.78 is 12.6. The molecule has 1 aromatic heterocycles. The summed E-state index contributed by atoms with van der Waals surface area (Å²) in [7, 11) is 5.25. The molecule has 2 N–H and O–H groups in total. The fraction of sp³-hybridized carbons (Fsp3) is 0.471. The normalized spacial score (nSPS) is 11.0. The molecule has 0 amide bonds. The number of halogens is 1. The summed E-state index contributed by atoms with van der Waals surface area (Å²) in [6.45, 7) is 4.26. The van der Waals surface area contributed by atoms with Crippen LogP contribution in [0.25, 0.3) is 0 Å². The molecule has 0 fully saturated rings. The third kappa shape index (κ3) is 6.79. The van der Waals surface area contributed by atoms with Gasteiger partial charge in [-0.2, -0.15) is 5.10 Å². The van der Waals surface area contributed by atoms with E-state index in [1.165, 1.54) is 6.33 Å². The van der Waals surface area contributed by atoms with E-state index in [0.717, 1.165) is 22.7 Å². The minimum Gasteiger partial charge on any atom is -0.491 e. The van der Waals surface area contributed by atoms with Crippen LogP contribution in [0.5, 0.6) is 5.75 Å². The van der Waals surface area contributed by atoms with Gasteiger partial charge in [-0.15, -0.1) is 24.0 Å². The fourth-order valence-electron chi connectivity index (χ4n) is 2.22. The van der Waals surface area contributed by atoms with Crippen molar-refractivity contribution >= 4 is 29.9 Å². The maximum absolute atomic E-state index is 5.81. The van der Waals surface area contributed by atoms with E-state index in [4.69, 9.17) is 9.47 Å². The largest absolute Gasteiger partial charge is 0.491 e. The van der Waals surface area contributed by atoms with Crippen LogP contribution in [0.15, 0.2) is 29.5 Å². The first-order valence-electron chi connectivity index (χ1n) is 8.12. The van der Waals surface area contributed by atoms with Gasteiger partial charge in [-0.25, -0.2) is 4.98 Å². The second-order valence-electron chi connectivity index (χ2n) is 5.53. The van der Waals surface area contributed by atoms with E-state index in [9.17, 15) is 0 Å². The second-order valence-corrected chi connectivity index (χ2v) is 5.53. The number of nitrogens with one attached hydrogen (secondary N) is 2. The molecule has 144 valence electrons. The summed E-state index contributed by atoms with van der Waals surface area (Å²) in [5.74, 6) is 2.38. The molecule has 0 saturated heterocycles. The molecule has 0 bridgehead atoms. The molecule has 1 heterocycles. The molecule has 9 heteroatoms. The first-order valence-corrected chi connectivity index (χ1v) is 8.12. The van der Waals surface area contributed by atoms with E-state index in [1.807, 2.05) is 20.0 Å². The highest BCUT2D eigenvalue weighted by Crippen LogP contribution is 2.20. The number of aromatic nitrogens is 3. The van der Waals surface area contributed by atoms with Crippen LogP contribution in [-0.4, -0.2) is 48.1 Å². The standard InChI is InChI=1S/C17H26N6O2.HI/c1-13-5-6-14(15(9-13)25-8-7-24-4)10-19-17(18-2)20-11-16-21-12-22-23(16)3;/h5-6,9,12H,7-8,10-11H2,1-4H3,(H2,18,19,20);1H. The Morgan fingerprint density at radius 3 is 2.65 bits per heavy atom. The van der Waals surface area contributed by atoms with Crippen molar-refractivity contribution in [1.82, 2.24) is 25.4 Å². The van der Waals surface area contributed by atoms with Gasteiger partial charge in [0.2, 0.25) is 0 Å². The van der Waals surface area contributed by atoms with Gasteiger partial charge in [-0.1, -0.05) is 12.1 Å². The summed E-state index contributed by atoms with van der Waals surface area (Å²) in [6.07, 6.45) is 1.53. The SMILES string of the molecule is CN=C(NCc1ccc(C)cc1OCCOC)NCc1ncnn1C.I. The number of aryl methyl sites for hydroxylation is 2. The van der Waals surface area contributed by atoms with Crippen LogP contribution in [0.4, 0.5) is 0 Å². The lowest BCUT2D eigenvalue weighted by Crippen LogP contribution is -2.37. The predicted octanol–water partition coefficient (Wildman–Crippen LogP) is 1.63. The van der Waals surface area contributed by atoms with Crippen LogP contribution in [0.2, 0.25) is 0 Å². The predicted molar refractivity (Wildman–Crippen MR) is 112 cm³/mol. The molecule has 0 unspecified atom stereocenters. The van der Waals surface area contributed by atoms with Crippen LogP contribution in [0.1, 0.15) is 17.0 Å². The van der Waals surface area contributed by atoms with E-state index < -0.39 is 0 Å². The maximum atomic E-state index is 5.81. The van der Waals surface area contributed by atoms with Crippen molar-refractivity contribution in [2.75, 3.05) is 27.4 Å². The number of nitrogens with zero attached hydrogens (tertiary/aromatic N) is 4. The first-order chi connectivity index (χ1) is 12.1. The summed E-state index contributed by atoms with van der Waals surface area (Å²) in [5, 5.41) is 10.6. The average Bonchev–Trinajstić information content (AvgIpc) is 3.02. The fourth-order valence-corrected chi connectivity index (χ4v) is 2.22. The lowest BCUT2D eigenvalue weighted by Gasteiger charge is -2.15. The highest BCUT2D eigenvalue weighted by atomic mass is 127. The van der Waals surface area contributed by atoms with E-state index >= 15 is 0 Å². The average molecular weight is 474 g/mol. The topological polar surface area (TPSA) is 85.6 Å². The van der Waals surface area contributed by atoms with E-state index in [2.05, 4.69) is 37.8 Å². The van der Waals surface area contributed by atoms with Gasteiger partial charge >= 0.3 is 0 Å². The van der Waals surface area contributed by atoms with Crippen molar-refractivity contribution in [3.8, 4) is 5.75 Å². The molecule has 0 aliphatic carbocycles. The van der Waals surface area contributed by atoms with E-state index in [0.29, 0.717) is 32.3 Å². The van der Waals surface area contributed by atoms with Gasteiger partial charge in [0.05, 0.1) is 13.2 Å². The monoisotopic (exact) mass is 474 g/mol. The van der Waals surface area contributed by atoms with E-state index in [-0.39, 0.29) is 24.0 Å². The summed E-state index contributed by atoms with van der Waals surface area (Å²) in [6, 6.07) is 6.15. The molecule has 2 rings (SSSR count). The van der Waals surface area contributed by atoms with Crippen molar-refractivity contribution in [3.63, 3.8) is 0 Å². The molecule has 26 heavy (non-hydrogen) atoms. The molecular formula is C17H27IN6O2. The molecule has 0 spiro atoms. The van der Waals surface area contributed by atoms with E-state index in [1.54, 1.807) is 18.8 Å². The molecule has 0 aliphatic rings. The van der Waals surface area contributed by atoms with Crippen molar-refractivity contribution in [2.24, 2.45) is 12.0 Å². The molecule has 0 atom stereocenters. The maximum Gasteiger partial charge on any atom is 0.191 e. The van der Waals surface area contributed by atoms with Crippen molar-refractivity contribution in [1.29, 1.82) is 0 Å². The van der Waals surface area contributed by atoms with Gasteiger partial charge in [0.25, 0.3) is 0 Å². The lowest BCUT2D eigenvalue weighted by molar-refractivity contribution is 0.145. The highest BCUT2D eigenvalue weighted by Gasteiger charge is 2.07. The van der Waals surface area contributed by atoms with Gasteiger partial charge in [0, 0.05) is 33.3 Å². The molecule has 0 radical (unpaired) electrons. The number of hydrogen-bond acceptors (Lipinski definition) is 5. The molecule has 0 saturated carbocycles. The Morgan fingerprint density at radius 1 is 1.23 bits per heavy atom. The number of rotatable bonds is 8. The Balaban J connectivity index is 0.00000338. The van der Waals surface area contributed by atoms with Crippen LogP contribution in [0.3, 0.4) is 0 Å². The Morgan fingerprint density at radius 2 is 2.00 bits per heavy atom. The Kier molecular flexibility index (Phi) is 9.96. The Hall–Kier alpha value is -1.88. The minimum absolute atomic E-state index is 0. The quantitative estimate of drug-likeness (QED) is 0.262. The first kappa shape index (κ1) is 22.2. The van der Waals surface area contributed by atoms with Crippen LogP contribution >= 0.6 is 24.0 Å². The zero-order valence-corrected chi connectivity index (χ0v) is 18.0. The smallest absolute Gasteiger partial charge is 0.191 e. The van der Waals surface area contributed by atoms with Gasteiger partial charge < -0.3 is 20.1 Å². The summed E-state index contributed by atoms with van der Waals surface area (Å²) >= 11 is 0. The molecule has 8 nitrogen and oxygen atoms in total. The van der Waals surface area contributed by atoms with Gasteiger partial charge in [0.1, 0.15) is 24.5 Å². The van der Waals surface area contributed by atoms with Gasteiger partial charge in [-0.05, 0) is 18.6 Å². The van der Waals surface area contributed by atoms with Crippen LogP contribution in [0, 0.1) is 6.92 Å².